The van der Waals surface area contributed by atoms with Gasteiger partial charge in [0.25, 0.3) is 0 Å². The van der Waals surface area contributed by atoms with Gasteiger partial charge in [0, 0.05) is 13.1 Å². The van der Waals surface area contributed by atoms with Crippen molar-refractivity contribution < 1.29 is 4.74 Å². The topological polar surface area (TPSA) is 24.5 Å². The molecule has 0 unspecified atom stereocenters. The molecule has 2 aliphatic rings. The Hall–Kier alpha value is -0.960. The summed E-state index contributed by atoms with van der Waals surface area (Å²) >= 11 is 0. The van der Waals surface area contributed by atoms with Crippen LogP contribution in [0.4, 0.5) is 0 Å². The van der Waals surface area contributed by atoms with Crippen LogP contribution >= 0.6 is 0 Å². The Bertz CT molecular complexity index is 288. The second-order valence-electron chi connectivity index (χ2n) is 4.87. The number of piperidine rings is 1. The van der Waals surface area contributed by atoms with Gasteiger partial charge in [0.15, 0.2) is 5.88 Å². The number of dihydropyridines is 1. The summed E-state index contributed by atoms with van der Waals surface area (Å²) in [6.45, 7) is 6.88. The maximum absolute atomic E-state index is 5.14. The lowest BCUT2D eigenvalue weighted by Crippen LogP contribution is -2.36. The third-order valence-electron chi connectivity index (χ3n) is 3.48. The minimum atomic E-state index is 0.871. The summed E-state index contributed by atoms with van der Waals surface area (Å²) in [7, 11) is 1.70. The van der Waals surface area contributed by atoms with Crippen LogP contribution < -0.4 is 5.32 Å². The highest BCUT2D eigenvalue weighted by Gasteiger charge is 2.17. The van der Waals surface area contributed by atoms with Crippen LogP contribution in [0.5, 0.6) is 0 Å². The molecular weight excluding hydrogens is 200 g/mol. The highest BCUT2D eigenvalue weighted by Crippen LogP contribution is 2.17. The van der Waals surface area contributed by atoms with Gasteiger partial charge in [0.05, 0.1) is 7.11 Å². The average Bonchev–Trinajstić information content (AvgIpc) is 2.33. The van der Waals surface area contributed by atoms with E-state index in [1.807, 2.05) is 6.08 Å². The molecule has 0 atom stereocenters. The number of likely N-dealkylation sites (tertiary alicyclic amines) is 1. The monoisotopic (exact) mass is 222 g/mol. The molecule has 0 saturated carbocycles. The van der Waals surface area contributed by atoms with Crippen LogP contribution in [-0.4, -0.2) is 38.2 Å². The first-order chi connectivity index (χ1) is 7.78. The number of hydrogen-bond donors (Lipinski definition) is 1. The van der Waals surface area contributed by atoms with E-state index < -0.39 is 0 Å². The van der Waals surface area contributed by atoms with Crippen LogP contribution in [0, 0.1) is 5.92 Å². The fourth-order valence-corrected chi connectivity index (χ4v) is 2.27. The first-order valence-electron chi connectivity index (χ1n) is 6.18. The summed E-state index contributed by atoms with van der Waals surface area (Å²) in [4.78, 5) is 2.55. The first-order valence-corrected chi connectivity index (χ1v) is 6.18. The Morgan fingerprint density at radius 3 is 2.69 bits per heavy atom. The molecule has 0 aliphatic carbocycles. The molecule has 90 valence electrons. The largest absolute Gasteiger partial charge is 0.483 e. The van der Waals surface area contributed by atoms with Gasteiger partial charge < -0.3 is 10.1 Å². The molecule has 16 heavy (non-hydrogen) atoms. The Morgan fingerprint density at radius 1 is 1.38 bits per heavy atom. The molecule has 0 bridgehead atoms. The number of nitrogens with one attached hydrogen (secondary N) is 1. The van der Waals surface area contributed by atoms with E-state index in [1.54, 1.807) is 7.11 Å². The summed E-state index contributed by atoms with van der Waals surface area (Å²) in [6, 6.07) is 0. The molecular formula is C13H22N2O. The van der Waals surface area contributed by atoms with Gasteiger partial charge in [-0.05, 0) is 43.5 Å². The predicted molar refractivity (Wildman–Crippen MR) is 66.0 cm³/mol. The number of nitrogens with zero attached hydrogens (tertiary/aromatic N) is 1. The third kappa shape index (κ3) is 3.01. The first kappa shape index (κ1) is 11.5. The summed E-state index contributed by atoms with van der Waals surface area (Å²) < 4.78 is 5.14. The predicted octanol–water partition coefficient (Wildman–Crippen LogP) is 1.74. The van der Waals surface area contributed by atoms with Crippen LogP contribution in [0.2, 0.25) is 0 Å². The standard InChI is InChI=1S/C13H22N2O/c1-11-5-7-15(8-6-11)10-12-3-4-13(16-2)14-9-12/h3-4,11,14H,5-10H2,1-2H3. The van der Waals surface area contributed by atoms with Gasteiger partial charge in [-0.15, -0.1) is 0 Å². The van der Waals surface area contributed by atoms with E-state index >= 15 is 0 Å². The zero-order chi connectivity index (χ0) is 11.4. The second-order valence-corrected chi connectivity index (χ2v) is 4.87. The number of hydrogen-bond acceptors (Lipinski definition) is 3. The van der Waals surface area contributed by atoms with E-state index in [9.17, 15) is 0 Å². The maximum Gasteiger partial charge on any atom is 0.186 e. The SMILES string of the molecule is COC1=CC=C(CN2CCC(C)CC2)CN1. The summed E-state index contributed by atoms with van der Waals surface area (Å²) in [5.74, 6) is 1.78. The van der Waals surface area contributed by atoms with Crippen LogP contribution in [0.15, 0.2) is 23.6 Å². The normalized spacial score (nSPS) is 23.4. The number of allylic oxidation sites excluding steroid dienone is 2. The lowest BCUT2D eigenvalue weighted by molar-refractivity contribution is 0.203. The minimum Gasteiger partial charge on any atom is -0.483 e. The highest BCUT2D eigenvalue weighted by molar-refractivity contribution is 5.22. The molecule has 0 spiro atoms. The molecule has 2 rings (SSSR count). The molecule has 2 heterocycles. The molecule has 2 aliphatic heterocycles. The van der Waals surface area contributed by atoms with E-state index in [0.717, 1.165) is 24.9 Å². The molecule has 0 aromatic carbocycles. The fourth-order valence-electron chi connectivity index (χ4n) is 2.27. The van der Waals surface area contributed by atoms with E-state index in [2.05, 4.69) is 23.2 Å². The molecule has 0 amide bonds. The molecule has 1 N–H and O–H groups in total. The molecule has 3 heteroatoms. The Morgan fingerprint density at radius 2 is 2.12 bits per heavy atom. The number of ether oxygens (including phenoxy) is 1. The average molecular weight is 222 g/mol. The van der Waals surface area contributed by atoms with Crippen molar-refractivity contribution in [1.82, 2.24) is 10.2 Å². The van der Waals surface area contributed by atoms with Gasteiger partial charge in [-0.3, -0.25) is 4.90 Å². The van der Waals surface area contributed by atoms with E-state index in [0.29, 0.717) is 0 Å². The molecule has 3 nitrogen and oxygen atoms in total. The Labute approximate surface area is 98.2 Å². The van der Waals surface area contributed by atoms with Crippen molar-refractivity contribution in [3.63, 3.8) is 0 Å². The van der Waals surface area contributed by atoms with Crippen molar-refractivity contribution in [3.05, 3.63) is 23.6 Å². The van der Waals surface area contributed by atoms with Crippen molar-refractivity contribution in [2.24, 2.45) is 5.92 Å². The molecule has 0 aromatic rings. The zero-order valence-corrected chi connectivity index (χ0v) is 10.3. The van der Waals surface area contributed by atoms with E-state index in [-0.39, 0.29) is 0 Å². The maximum atomic E-state index is 5.14. The lowest BCUT2D eigenvalue weighted by atomic mass is 9.99. The molecule has 0 aromatic heterocycles. The quantitative estimate of drug-likeness (QED) is 0.787. The Kier molecular flexibility index (Phi) is 3.88. The summed E-state index contributed by atoms with van der Waals surface area (Å²) in [5.41, 5.74) is 1.45. The fraction of sp³-hybridized carbons (Fsp3) is 0.692. The van der Waals surface area contributed by atoms with Gasteiger partial charge in [0.1, 0.15) is 0 Å². The van der Waals surface area contributed by atoms with Gasteiger partial charge in [-0.1, -0.05) is 13.0 Å². The van der Waals surface area contributed by atoms with Crippen molar-refractivity contribution in [2.75, 3.05) is 33.3 Å². The molecule has 1 saturated heterocycles. The zero-order valence-electron chi connectivity index (χ0n) is 10.3. The van der Waals surface area contributed by atoms with E-state index in [1.165, 1.54) is 31.5 Å². The third-order valence-corrected chi connectivity index (χ3v) is 3.48. The minimum absolute atomic E-state index is 0.871. The van der Waals surface area contributed by atoms with Crippen LogP contribution in [-0.2, 0) is 4.74 Å². The number of rotatable bonds is 3. The summed E-state index contributed by atoms with van der Waals surface area (Å²) in [5, 5.41) is 3.26. The van der Waals surface area contributed by atoms with Gasteiger partial charge >= 0.3 is 0 Å². The van der Waals surface area contributed by atoms with E-state index in [4.69, 9.17) is 4.74 Å². The van der Waals surface area contributed by atoms with Gasteiger partial charge in [0.2, 0.25) is 0 Å². The highest BCUT2D eigenvalue weighted by atomic mass is 16.5. The number of methoxy groups -OCH3 is 1. The van der Waals surface area contributed by atoms with Gasteiger partial charge in [-0.2, -0.15) is 0 Å². The van der Waals surface area contributed by atoms with Crippen molar-refractivity contribution in [3.8, 4) is 0 Å². The van der Waals surface area contributed by atoms with Crippen molar-refractivity contribution in [1.29, 1.82) is 0 Å². The second kappa shape index (κ2) is 5.39. The van der Waals surface area contributed by atoms with Crippen LogP contribution in [0.25, 0.3) is 0 Å². The van der Waals surface area contributed by atoms with Crippen LogP contribution in [0.1, 0.15) is 19.8 Å². The van der Waals surface area contributed by atoms with Crippen molar-refractivity contribution in [2.45, 2.75) is 19.8 Å². The smallest absolute Gasteiger partial charge is 0.186 e. The van der Waals surface area contributed by atoms with Gasteiger partial charge in [-0.25, -0.2) is 0 Å². The molecule has 0 radical (unpaired) electrons. The van der Waals surface area contributed by atoms with Crippen LogP contribution in [0.3, 0.4) is 0 Å². The molecule has 1 fully saturated rings. The summed E-state index contributed by atoms with van der Waals surface area (Å²) in [6.07, 6.45) is 6.90. The lowest BCUT2D eigenvalue weighted by Gasteiger charge is -2.31. The van der Waals surface area contributed by atoms with Crippen molar-refractivity contribution >= 4 is 0 Å². The Balaban J connectivity index is 1.82.